The van der Waals surface area contributed by atoms with E-state index >= 15 is 0 Å². The van der Waals surface area contributed by atoms with Gasteiger partial charge in [-0.15, -0.1) is 0 Å². The van der Waals surface area contributed by atoms with Crippen LogP contribution in [0.2, 0.25) is 0 Å². The second-order valence-electron chi connectivity index (χ2n) is 5.13. The van der Waals surface area contributed by atoms with Crippen molar-refractivity contribution in [3.63, 3.8) is 0 Å². The molecule has 1 heterocycles. The Morgan fingerprint density at radius 3 is 2.81 bits per heavy atom. The number of furan rings is 1. The van der Waals surface area contributed by atoms with Crippen LogP contribution in [0.4, 0.5) is 0 Å². The summed E-state index contributed by atoms with van der Waals surface area (Å²) < 4.78 is 6.68. The molecule has 1 N–H and O–H groups in total. The Bertz CT molecular complexity index is 334. The van der Waals surface area contributed by atoms with Gasteiger partial charge in [-0.1, -0.05) is 13.8 Å². The summed E-state index contributed by atoms with van der Waals surface area (Å²) in [5.41, 5.74) is 0. The van der Waals surface area contributed by atoms with Gasteiger partial charge >= 0.3 is 0 Å². The molecule has 0 aliphatic heterocycles. The van der Waals surface area contributed by atoms with E-state index in [0.717, 1.165) is 35.2 Å². The van der Waals surface area contributed by atoms with Crippen molar-refractivity contribution < 1.29 is 4.42 Å². The fraction of sp³-hybridized carbons (Fsp3) is 0.692. The molecular formula is C13H20BrNO. The lowest BCUT2D eigenvalue weighted by Crippen LogP contribution is -2.35. The van der Waals surface area contributed by atoms with E-state index in [4.69, 9.17) is 4.42 Å². The Morgan fingerprint density at radius 2 is 2.31 bits per heavy atom. The average molecular weight is 286 g/mol. The van der Waals surface area contributed by atoms with Crippen molar-refractivity contribution in [2.24, 2.45) is 11.8 Å². The van der Waals surface area contributed by atoms with Gasteiger partial charge in [-0.25, -0.2) is 0 Å². The third kappa shape index (κ3) is 2.69. The van der Waals surface area contributed by atoms with Crippen LogP contribution in [0, 0.1) is 11.8 Å². The summed E-state index contributed by atoms with van der Waals surface area (Å²) in [6.45, 7) is 6.72. The molecule has 1 aliphatic rings. The zero-order chi connectivity index (χ0) is 11.5. The molecule has 16 heavy (non-hydrogen) atoms. The van der Waals surface area contributed by atoms with Crippen LogP contribution in [0.3, 0.4) is 0 Å². The standard InChI is InChI=1S/C13H20BrNO/c1-9(2)7-15-8-10-3-4-11(10)13-12(14)5-6-16-13/h5-6,9-11,15H,3-4,7-8H2,1-2H3. The molecule has 0 bridgehead atoms. The second kappa shape index (κ2) is 5.37. The van der Waals surface area contributed by atoms with E-state index in [1.165, 1.54) is 12.8 Å². The molecule has 3 heteroatoms. The van der Waals surface area contributed by atoms with E-state index in [0.29, 0.717) is 5.92 Å². The molecule has 2 unspecified atom stereocenters. The van der Waals surface area contributed by atoms with Gasteiger partial charge in [0.15, 0.2) is 0 Å². The molecule has 2 rings (SSSR count). The van der Waals surface area contributed by atoms with Crippen LogP contribution < -0.4 is 5.32 Å². The molecule has 0 radical (unpaired) electrons. The first-order valence-corrected chi connectivity index (χ1v) is 6.91. The van der Waals surface area contributed by atoms with Gasteiger partial charge in [0.05, 0.1) is 10.7 Å². The lowest BCUT2D eigenvalue weighted by molar-refractivity contribution is 0.213. The molecule has 90 valence electrons. The van der Waals surface area contributed by atoms with Crippen molar-refractivity contribution >= 4 is 15.9 Å². The molecule has 2 atom stereocenters. The SMILES string of the molecule is CC(C)CNCC1CCC1c1occc1Br. The van der Waals surface area contributed by atoms with Crippen molar-refractivity contribution in [3.05, 3.63) is 22.6 Å². The van der Waals surface area contributed by atoms with Crippen molar-refractivity contribution in [2.45, 2.75) is 32.6 Å². The number of hydrogen-bond donors (Lipinski definition) is 1. The highest BCUT2D eigenvalue weighted by molar-refractivity contribution is 9.10. The van der Waals surface area contributed by atoms with Gasteiger partial charge < -0.3 is 9.73 Å². The first kappa shape index (κ1) is 12.2. The van der Waals surface area contributed by atoms with E-state index < -0.39 is 0 Å². The maximum absolute atomic E-state index is 5.55. The van der Waals surface area contributed by atoms with Gasteiger partial charge in [0.25, 0.3) is 0 Å². The summed E-state index contributed by atoms with van der Waals surface area (Å²) in [6, 6.07) is 1.99. The highest BCUT2D eigenvalue weighted by atomic mass is 79.9. The van der Waals surface area contributed by atoms with Gasteiger partial charge in [-0.2, -0.15) is 0 Å². The summed E-state index contributed by atoms with van der Waals surface area (Å²) in [4.78, 5) is 0. The van der Waals surface area contributed by atoms with Crippen LogP contribution in [0.25, 0.3) is 0 Å². The van der Waals surface area contributed by atoms with Gasteiger partial charge in [0.1, 0.15) is 5.76 Å². The molecule has 2 nitrogen and oxygen atoms in total. The van der Waals surface area contributed by atoms with Crippen molar-refractivity contribution in [1.82, 2.24) is 5.32 Å². The highest BCUT2D eigenvalue weighted by Crippen LogP contribution is 2.44. The molecule has 0 spiro atoms. The van der Waals surface area contributed by atoms with Crippen LogP contribution in [0.1, 0.15) is 38.4 Å². The van der Waals surface area contributed by atoms with Gasteiger partial charge in [0, 0.05) is 5.92 Å². The minimum absolute atomic E-state index is 0.615. The van der Waals surface area contributed by atoms with Gasteiger partial charge in [0.2, 0.25) is 0 Å². The molecule has 0 saturated heterocycles. The van der Waals surface area contributed by atoms with E-state index in [1.54, 1.807) is 6.26 Å². The Labute approximate surface area is 106 Å². The normalized spacial score (nSPS) is 24.8. The molecular weight excluding hydrogens is 266 g/mol. The Morgan fingerprint density at radius 1 is 1.50 bits per heavy atom. The first-order chi connectivity index (χ1) is 7.68. The van der Waals surface area contributed by atoms with Crippen molar-refractivity contribution in [2.75, 3.05) is 13.1 Å². The van der Waals surface area contributed by atoms with Crippen molar-refractivity contribution in [1.29, 1.82) is 0 Å². The average Bonchev–Trinajstić information content (AvgIpc) is 2.58. The Hall–Kier alpha value is -0.280. The number of halogens is 1. The van der Waals surface area contributed by atoms with Gasteiger partial charge in [-0.3, -0.25) is 0 Å². The summed E-state index contributed by atoms with van der Waals surface area (Å²) in [7, 11) is 0. The van der Waals surface area contributed by atoms with Crippen LogP contribution in [0.5, 0.6) is 0 Å². The number of nitrogens with one attached hydrogen (secondary N) is 1. The molecule has 0 aromatic carbocycles. The Balaban J connectivity index is 1.82. The van der Waals surface area contributed by atoms with Crippen LogP contribution in [0.15, 0.2) is 21.2 Å². The molecule has 1 aromatic heterocycles. The largest absolute Gasteiger partial charge is 0.468 e. The van der Waals surface area contributed by atoms with Crippen LogP contribution in [-0.4, -0.2) is 13.1 Å². The van der Waals surface area contributed by atoms with Crippen molar-refractivity contribution in [3.8, 4) is 0 Å². The predicted octanol–water partition coefficient (Wildman–Crippen LogP) is 3.78. The summed E-state index contributed by atoms with van der Waals surface area (Å²) in [5, 5.41) is 3.54. The highest BCUT2D eigenvalue weighted by Gasteiger charge is 2.34. The predicted molar refractivity (Wildman–Crippen MR) is 69.6 cm³/mol. The number of rotatable bonds is 5. The number of hydrogen-bond acceptors (Lipinski definition) is 2. The molecule has 1 fully saturated rings. The summed E-state index contributed by atoms with van der Waals surface area (Å²) in [6.07, 6.45) is 4.36. The van der Waals surface area contributed by atoms with Crippen LogP contribution >= 0.6 is 15.9 Å². The topological polar surface area (TPSA) is 25.2 Å². The fourth-order valence-corrected chi connectivity index (χ4v) is 2.78. The lowest BCUT2D eigenvalue weighted by atomic mass is 9.72. The zero-order valence-corrected chi connectivity index (χ0v) is 11.6. The van der Waals surface area contributed by atoms with E-state index in [2.05, 4.69) is 35.1 Å². The molecule has 1 aromatic rings. The summed E-state index contributed by atoms with van der Waals surface area (Å²) >= 11 is 3.55. The zero-order valence-electron chi connectivity index (χ0n) is 10.0. The van der Waals surface area contributed by atoms with Crippen LogP contribution in [-0.2, 0) is 0 Å². The van der Waals surface area contributed by atoms with E-state index in [9.17, 15) is 0 Å². The Kier molecular flexibility index (Phi) is 4.09. The molecule has 1 saturated carbocycles. The third-order valence-corrected chi connectivity index (χ3v) is 4.01. The molecule has 0 amide bonds. The maximum Gasteiger partial charge on any atom is 0.121 e. The maximum atomic E-state index is 5.55. The van der Waals surface area contributed by atoms with E-state index in [1.807, 2.05) is 6.07 Å². The minimum Gasteiger partial charge on any atom is -0.468 e. The fourth-order valence-electron chi connectivity index (χ4n) is 2.29. The quantitative estimate of drug-likeness (QED) is 0.891. The monoisotopic (exact) mass is 285 g/mol. The van der Waals surface area contributed by atoms with Gasteiger partial charge in [-0.05, 0) is 59.8 Å². The third-order valence-electron chi connectivity index (χ3n) is 3.36. The minimum atomic E-state index is 0.615. The summed E-state index contributed by atoms with van der Waals surface area (Å²) in [5.74, 6) is 3.24. The first-order valence-electron chi connectivity index (χ1n) is 6.12. The molecule has 1 aliphatic carbocycles. The van der Waals surface area contributed by atoms with E-state index in [-0.39, 0.29) is 0 Å². The smallest absolute Gasteiger partial charge is 0.121 e. The second-order valence-corrected chi connectivity index (χ2v) is 5.98. The lowest BCUT2D eigenvalue weighted by Gasteiger charge is -2.35.